The van der Waals surface area contributed by atoms with Crippen molar-refractivity contribution in [3.63, 3.8) is 0 Å². The molecule has 0 aromatic carbocycles. The van der Waals surface area contributed by atoms with Gasteiger partial charge in [0.2, 0.25) is 0 Å². The Morgan fingerprint density at radius 1 is 0.404 bits per heavy atom. The second kappa shape index (κ2) is 16.5. The highest BCUT2D eigenvalue weighted by Gasteiger charge is 2.56. The fraction of sp³-hybridized carbons (Fsp3) is 1.00. The zero-order valence-electron chi connectivity index (χ0n) is 25.6. The van der Waals surface area contributed by atoms with Crippen LogP contribution in [-0.2, 0) is 33.2 Å². The van der Waals surface area contributed by atoms with E-state index in [0.717, 1.165) is 0 Å². The third-order valence-electron chi connectivity index (χ3n) is 8.93. The second-order valence-electron chi connectivity index (χ2n) is 12.5. The number of hydrogen-bond acceptors (Lipinski definition) is 20. The van der Waals surface area contributed by atoms with Crippen molar-refractivity contribution in [2.45, 2.75) is 136 Å². The van der Waals surface area contributed by atoms with E-state index in [1.54, 1.807) is 13.8 Å². The summed E-state index contributed by atoms with van der Waals surface area (Å²) >= 11 is 0. The monoisotopic (exact) mass is 692 g/mol. The van der Waals surface area contributed by atoms with E-state index in [4.69, 9.17) is 33.2 Å². The fourth-order valence-electron chi connectivity index (χ4n) is 6.10. The quantitative estimate of drug-likeness (QED) is 0.0956. The van der Waals surface area contributed by atoms with E-state index in [1.165, 1.54) is 0 Å². The minimum atomic E-state index is -1.96. The van der Waals surface area contributed by atoms with Crippen molar-refractivity contribution in [2.24, 2.45) is 5.92 Å². The van der Waals surface area contributed by atoms with Crippen LogP contribution in [0.2, 0.25) is 0 Å². The van der Waals surface area contributed by atoms with E-state index in [1.807, 2.05) is 0 Å². The molecule has 4 saturated heterocycles. The van der Waals surface area contributed by atoms with Gasteiger partial charge in [-0.15, -0.1) is 0 Å². The number of ether oxygens (including phenoxy) is 7. The van der Waals surface area contributed by atoms with E-state index < -0.39 is 155 Å². The van der Waals surface area contributed by atoms with Crippen molar-refractivity contribution in [3.05, 3.63) is 0 Å². The molecule has 4 rings (SSSR count). The van der Waals surface area contributed by atoms with Crippen molar-refractivity contribution in [2.75, 3.05) is 26.4 Å². The molecule has 0 spiro atoms. The molecule has 0 amide bonds. The smallest absolute Gasteiger partial charge is 0.187 e. The average Bonchev–Trinajstić information content (AvgIpc) is 3.05. The number of aliphatic hydroxyl groups excluding tert-OH is 13. The Kier molecular flexibility index (Phi) is 13.7. The first-order chi connectivity index (χ1) is 22.2. The second-order valence-corrected chi connectivity index (χ2v) is 12.5. The molecule has 4 aliphatic rings. The van der Waals surface area contributed by atoms with Crippen LogP contribution in [0.5, 0.6) is 0 Å². The lowest BCUT2D eigenvalue weighted by Gasteiger charge is -2.50. The van der Waals surface area contributed by atoms with E-state index in [-0.39, 0.29) is 0 Å². The highest BCUT2D eigenvalue weighted by Crippen LogP contribution is 2.36. The molecule has 47 heavy (non-hydrogen) atoms. The molecule has 4 heterocycles. The van der Waals surface area contributed by atoms with Gasteiger partial charge < -0.3 is 99.5 Å². The van der Waals surface area contributed by atoms with Gasteiger partial charge in [0, 0.05) is 0 Å². The third-order valence-corrected chi connectivity index (χ3v) is 8.93. The van der Waals surface area contributed by atoms with Crippen molar-refractivity contribution >= 4 is 0 Å². The summed E-state index contributed by atoms with van der Waals surface area (Å²) in [5.74, 6) is -0.455. The van der Waals surface area contributed by atoms with Crippen molar-refractivity contribution in [1.29, 1.82) is 0 Å². The average molecular weight is 693 g/mol. The third kappa shape index (κ3) is 7.92. The maximum absolute atomic E-state index is 11.3. The maximum atomic E-state index is 11.3. The Hall–Kier alpha value is -0.800. The van der Waals surface area contributed by atoms with Gasteiger partial charge in [0.15, 0.2) is 18.9 Å². The summed E-state index contributed by atoms with van der Waals surface area (Å²) in [6, 6.07) is 0. The highest BCUT2D eigenvalue weighted by molar-refractivity contribution is 5.00. The Morgan fingerprint density at radius 2 is 0.745 bits per heavy atom. The molecule has 276 valence electrons. The Labute approximate surface area is 268 Å². The first-order valence-electron chi connectivity index (χ1n) is 15.3. The van der Waals surface area contributed by atoms with E-state index in [9.17, 15) is 66.4 Å². The summed E-state index contributed by atoms with van der Waals surface area (Å²) in [4.78, 5) is 0. The molecule has 1 unspecified atom stereocenters. The van der Waals surface area contributed by atoms with Crippen LogP contribution in [0, 0.1) is 5.92 Å². The lowest BCUT2D eigenvalue weighted by Crippen LogP contribution is -2.68. The van der Waals surface area contributed by atoms with Gasteiger partial charge in [-0.05, 0) is 5.92 Å². The number of hydrogen-bond donors (Lipinski definition) is 13. The maximum Gasteiger partial charge on any atom is 0.187 e. The van der Waals surface area contributed by atoms with Gasteiger partial charge in [0.25, 0.3) is 0 Å². The Morgan fingerprint density at radius 3 is 1.17 bits per heavy atom. The highest BCUT2D eigenvalue weighted by atomic mass is 16.8. The molecule has 20 atom stereocenters. The lowest BCUT2D eigenvalue weighted by atomic mass is 9.88. The molecular weight excluding hydrogens is 644 g/mol. The van der Waals surface area contributed by atoms with Gasteiger partial charge in [0.1, 0.15) is 97.7 Å². The van der Waals surface area contributed by atoms with Crippen LogP contribution in [0.15, 0.2) is 0 Å². The molecule has 13 N–H and O–H groups in total. The van der Waals surface area contributed by atoms with Gasteiger partial charge in [-0.3, -0.25) is 0 Å². The van der Waals surface area contributed by atoms with Crippen LogP contribution in [-0.4, -0.2) is 215 Å². The summed E-state index contributed by atoms with van der Waals surface area (Å²) in [5, 5.41) is 134. The SMILES string of the molecule is CC(C)C1O[C@H](CO)[C@@H](O)[C@H](O[C@@H]2O[C@H](CO)[C@@H](O)[C@H](O)[C@H]2O)[C@H]1O[C@@H]1O[C@H](CO)[C@@H](O)[C@H](O[C@@H]2O[C@H](CO)[C@@H](O)[C@H](O)[C@H]2O)[C@H]1O. The largest absolute Gasteiger partial charge is 0.394 e. The number of aliphatic hydroxyl groups is 13. The van der Waals surface area contributed by atoms with Gasteiger partial charge in [0.05, 0.1) is 32.5 Å². The molecule has 4 fully saturated rings. The molecule has 20 nitrogen and oxygen atoms in total. The molecule has 0 aliphatic carbocycles. The van der Waals surface area contributed by atoms with E-state index >= 15 is 0 Å². The Bertz CT molecular complexity index is 959. The zero-order chi connectivity index (χ0) is 34.9. The molecule has 0 bridgehead atoms. The molecule has 20 heteroatoms. The summed E-state index contributed by atoms with van der Waals surface area (Å²) in [6.07, 6.45) is -33.2. The summed E-state index contributed by atoms with van der Waals surface area (Å²) < 4.78 is 39.8. The van der Waals surface area contributed by atoms with Gasteiger partial charge in [-0.25, -0.2) is 0 Å². The van der Waals surface area contributed by atoms with E-state index in [0.29, 0.717) is 0 Å². The van der Waals surface area contributed by atoms with E-state index in [2.05, 4.69) is 0 Å². The van der Waals surface area contributed by atoms with Crippen LogP contribution in [0.4, 0.5) is 0 Å². The minimum Gasteiger partial charge on any atom is -0.394 e. The summed E-state index contributed by atoms with van der Waals surface area (Å²) in [7, 11) is 0. The van der Waals surface area contributed by atoms with Gasteiger partial charge >= 0.3 is 0 Å². The van der Waals surface area contributed by atoms with Gasteiger partial charge in [-0.2, -0.15) is 0 Å². The predicted octanol–water partition coefficient (Wildman–Crippen LogP) is -8.04. The van der Waals surface area contributed by atoms with Crippen molar-refractivity contribution in [3.8, 4) is 0 Å². The Balaban J connectivity index is 1.62. The summed E-state index contributed by atoms with van der Waals surface area (Å²) in [6.45, 7) is 0.236. The molecule has 0 aromatic rings. The first-order valence-corrected chi connectivity index (χ1v) is 15.3. The van der Waals surface area contributed by atoms with Crippen LogP contribution in [0.1, 0.15) is 13.8 Å². The standard InChI is InChI=1S/C27H48O20/c1-7(2)21-24(23(15(35)10(5-30)41-21)46-26-19(39)17(37)13(33)9(4-29)43-26)47-27-20(40)22(14(34)11(6-31)44-27)45-25-18(38)16(36)12(32)8(3-28)42-25/h7-40H,3-6H2,1-2H3/t8-,9-,10-,11-,12-,13-,14-,15-,16+,17+,18-,19-,20-,21?,22+,23+,24+,25+,26+,27+/m1/s1. The zero-order valence-corrected chi connectivity index (χ0v) is 25.6. The summed E-state index contributed by atoms with van der Waals surface area (Å²) in [5.41, 5.74) is 0. The molecule has 0 radical (unpaired) electrons. The van der Waals surface area contributed by atoms with Crippen LogP contribution in [0.3, 0.4) is 0 Å². The molecule has 0 saturated carbocycles. The molecule has 0 aromatic heterocycles. The normalized spacial score (nSPS) is 51.3. The van der Waals surface area contributed by atoms with Crippen LogP contribution in [0.25, 0.3) is 0 Å². The first kappa shape index (κ1) is 39.0. The predicted molar refractivity (Wildman–Crippen MR) is 147 cm³/mol. The van der Waals surface area contributed by atoms with Crippen molar-refractivity contribution in [1.82, 2.24) is 0 Å². The van der Waals surface area contributed by atoms with Crippen LogP contribution < -0.4 is 0 Å². The van der Waals surface area contributed by atoms with Gasteiger partial charge in [-0.1, -0.05) is 13.8 Å². The van der Waals surface area contributed by atoms with Crippen LogP contribution >= 0.6 is 0 Å². The lowest BCUT2D eigenvalue weighted by molar-refractivity contribution is -0.386. The number of rotatable bonds is 11. The topological polar surface area (TPSA) is 328 Å². The van der Waals surface area contributed by atoms with Crippen molar-refractivity contribution < 1.29 is 99.5 Å². The fourth-order valence-corrected chi connectivity index (χ4v) is 6.10. The minimum absolute atomic E-state index is 0.455. The molecular formula is C27H48O20. The molecule has 4 aliphatic heterocycles.